The minimum atomic E-state index is -0.654. The molecule has 25 heavy (non-hydrogen) atoms. The van der Waals surface area contributed by atoms with Crippen molar-refractivity contribution in [1.82, 2.24) is 19.4 Å². The third-order valence-electron chi connectivity index (χ3n) is 4.34. The van der Waals surface area contributed by atoms with Gasteiger partial charge in [0.25, 0.3) is 11.5 Å². The van der Waals surface area contributed by atoms with E-state index in [1.165, 1.54) is 24.7 Å². The molecule has 0 aliphatic carbocycles. The van der Waals surface area contributed by atoms with E-state index >= 15 is 0 Å². The van der Waals surface area contributed by atoms with Crippen LogP contribution in [0.1, 0.15) is 11.3 Å². The van der Waals surface area contributed by atoms with E-state index in [9.17, 15) is 19.2 Å². The molecule has 1 saturated heterocycles. The van der Waals surface area contributed by atoms with Gasteiger partial charge in [0.2, 0.25) is 0 Å². The van der Waals surface area contributed by atoms with Crippen LogP contribution in [0.4, 0.5) is 4.79 Å². The van der Waals surface area contributed by atoms with E-state index in [1.807, 2.05) is 30.3 Å². The summed E-state index contributed by atoms with van der Waals surface area (Å²) < 4.78 is 2.22. The maximum Gasteiger partial charge on any atom is 0.330 e. The minimum Gasteiger partial charge on any atom is -0.325 e. The molecule has 130 valence electrons. The highest BCUT2D eigenvalue weighted by Crippen LogP contribution is 2.14. The first-order chi connectivity index (χ1) is 11.9. The number of carbonyl (C=O) groups is 2. The average molecular weight is 342 g/mol. The summed E-state index contributed by atoms with van der Waals surface area (Å²) in [6.07, 6.45) is 0.386. The van der Waals surface area contributed by atoms with Gasteiger partial charge in [-0.2, -0.15) is 0 Å². The van der Waals surface area contributed by atoms with Crippen LogP contribution in [0.2, 0.25) is 0 Å². The van der Waals surface area contributed by atoms with E-state index in [4.69, 9.17) is 0 Å². The van der Waals surface area contributed by atoms with Gasteiger partial charge < -0.3 is 5.32 Å². The van der Waals surface area contributed by atoms with Crippen LogP contribution in [0.3, 0.4) is 0 Å². The van der Waals surface area contributed by atoms with Crippen molar-refractivity contribution in [3.8, 4) is 0 Å². The van der Waals surface area contributed by atoms with Gasteiger partial charge in [-0.1, -0.05) is 30.3 Å². The number of imide groups is 1. The normalized spacial score (nSPS) is 17.0. The molecule has 8 nitrogen and oxygen atoms in total. The standard InChI is InChI=1S/C17H18N4O4/c1-19-12(9-14(22)20(2)17(19)25)10-21-15(23)13(18-16(21)24)8-11-6-4-3-5-7-11/h3-7,9,13H,8,10H2,1-2H3,(H,18,24)/t13-/m0/s1. The molecule has 1 N–H and O–H groups in total. The van der Waals surface area contributed by atoms with Crippen LogP contribution in [0, 0.1) is 0 Å². The molecule has 0 saturated carbocycles. The highest BCUT2D eigenvalue weighted by Gasteiger charge is 2.38. The Morgan fingerprint density at radius 2 is 1.68 bits per heavy atom. The van der Waals surface area contributed by atoms with Crippen molar-refractivity contribution >= 4 is 11.9 Å². The summed E-state index contributed by atoms with van der Waals surface area (Å²) in [6.45, 7) is -0.127. The Morgan fingerprint density at radius 1 is 1.00 bits per heavy atom. The van der Waals surface area contributed by atoms with Crippen LogP contribution >= 0.6 is 0 Å². The molecule has 1 aliphatic rings. The molecule has 1 aromatic heterocycles. The lowest BCUT2D eigenvalue weighted by atomic mass is 10.1. The number of nitrogens with zero attached hydrogens (tertiary/aromatic N) is 3. The van der Waals surface area contributed by atoms with Crippen molar-refractivity contribution in [3.05, 3.63) is 68.5 Å². The Hall–Kier alpha value is -3.16. The summed E-state index contributed by atoms with van der Waals surface area (Å²) in [5.41, 5.74) is 0.252. The number of carbonyl (C=O) groups excluding carboxylic acids is 2. The summed E-state index contributed by atoms with van der Waals surface area (Å²) >= 11 is 0. The second-order valence-electron chi connectivity index (χ2n) is 5.99. The third-order valence-corrected chi connectivity index (χ3v) is 4.34. The van der Waals surface area contributed by atoms with Gasteiger partial charge >= 0.3 is 11.7 Å². The molecule has 3 rings (SSSR count). The maximum atomic E-state index is 12.5. The molecule has 0 bridgehead atoms. The smallest absolute Gasteiger partial charge is 0.325 e. The van der Waals surface area contributed by atoms with E-state index in [1.54, 1.807) is 0 Å². The Bertz CT molecular complexity index is 945. The summed E-state index contributed by atoms with van der Waals surface area (Å²) in [4.78, 5) is 49.5. The molecule has 2 heterocycles. The first-order valence-corrected chi connectivity index (χ1v) is 7.80. The molecule has 1 fully saturated rings. The van der Waals surface area contributed by atoms with Gasteiger partial charge in [0.1, 0.15) is 6.04 Å². The number of nitrogens with one attached hydrogen (secondary N) is 1. The van der Waals surface area contributed by atoms with Gasteiger partial charge in [-0.05, 0) is 5.56 Å². The molecule has 1 atom stereocenters. The molecule has 0 radical (unpaired) electrons. The molecular formula is C17H18N4O4. The molecule has 0 unspecified atom stereocenters. The second kappa shape index (κ2) is 6.39. The SMILES string of the molecule is Cn1c(CN2C(=O)N[C@@H](Cc3ccccc3)C2=O)cc(=O)n(C)c1=O. The Morgan fingerprint density at radius 3 is 2.36 bits per heavy atom. The number of amides is 3. The van der Waals surface area contributed by atoms with Crippen molar-refractivity contribution in [1.29, 1.82) is 0 Å². The van der Waals surface area contributed by atoms with Crippen molar-refractivity contribution < 1.29 is 9.59 Å². The van der Waals surface area contributed by atoms with Gasteiger partial charge in [0.05, 0.1) is 6.54 Å². The van der Waals surface area contributed by atoms with E-state index in [2.05, 4.69) is 5.32 Å². The van der Waals surface area contributed by atoms with E-state index in [0.717, 1.165) is 15.0 Å². The molecule has 2 aromatic rings. The van der Waals surface area contributed by atoms with Crippen LogP contribution in [0.25, 0.3) is 0 Å². The summed E-state index contributed by atoms with van der Waals surface area (Å²) in [7, 11) is 2.87. The van der Waals surface area contributed by atoms with Crippen molar-refractivity contribution in [2.75, 3.05) is 0 Å². The zero-order valence-corrected chi connectivity index (χ0v) is 13.9. The number of hydrogen-bond acceptors (Lipinski definition) is 4. The fraction of sp³-hybridized carbons (Fsp3) is 0.294. The predicted octanol–water partition coefficient (Wildman–Crippen LogP) is -0.253. The topological polar surface area (TPSA) is 93.4 Å². The zero-order valence-electron chi connectivity index (χ0n) is 13.9. The fourth-order valence-electron chi connectivity index (χ4n) is 2.81. The molecule has 8 heteroatoms. The first kappa shape index (κ1) is 16.7. The maximum absolute atomic E-state index is 12.5. The number of urea groups is 1. The zero-order chi connectivity index (χ0) is 18.1. The largest absolute Gasteiger partial charge is 0.330 e. The number of rotatable bonds is 4. The van der Waals surface area contributed by atoms with Crippen molar-refractivity contribution in [2.24, 2.45) is 14.1 Å². The summed E-state index contributed by atoms with van der Waals surface area (Å²) in [6, 6.07) is 9.44. The average Bonchev–Trinajstić information content (AvgIpc) is 2.86. The minimum absolute atomic E-state index is 0.127. The van der Waals surface area contributed by atoms with Gasteiger partial charge in [0, 0.05) is 32.3 Å². The molecule has 1 aromatic carbocycles. The van der Waals surface area contributed by atoms with E-state index in [0.29, 0.717) is 12.1 Å². The quantitative estimate of drug-likeness (QED) is 0.775. The van der Waals surface area contributed by atoms with Crippen LogP contribution in [0.15, 0.2) is 46.0 Å². The van der Waals surface area contributed by atoms with Gasteiger partial charge in [0.15, 0.2) is 0 Å². The predicted molar refractivity (Wildman–Crippen MR) is 89.9 cm³/mol. The van der Waals surface area contributed by atoms with Crippen LogP contribution in [0.5, 0.6) is 0 Å². The van der Waals surface area contributed by atoms with Crippen molar-refractivity contribution in [3.63, 3.8) is 0 Å². The first-order valence-electron chi connectivity index (χ1n) is 7.80. The Balaban J connectivity index is 1.82. The van der Waals surface area contributed by atoms with Crippen LogP contribution in [-0.2, 0) is 31.9 Å². The highest BCUT2D eigenvalue weighted by atomic mass is 16.2. The van der Waals surface area contributed by atoms with Crippen molar-refractivity contribution in [2.45, 2.75) is 19.0 Å². The fourth-order valence-corrected chi connectivity index (χ4v) is 2.81. The molecule has 0 spiro atoms. The Labute approximate surface area is 143 Å². The molecule has 1 aliphatic heterocycles. The summed E-state index contributed by atoms with van der Waals surface area (Å²) in [5, 5.41) is 2.65. The van der Waals surface area contributed by atoms with Gasteiger partial charge in [-0.15, -0.1) is 0 Å². The van der Waals surface area contributed by atoms with Crippen LogP contribution in [-0.4, -0.2) is 32.0 Å². The lowest BCUT2D eigenvalue weighted by molar-refractivity contribution is -0.127. The molecular weight excluding hydrogens is 324 g/mol. The third kappa shape index (κ3) is 3.10. The Kier molecular flexibility index (Phi) is 4.26. The van der Waals surface area contributed by atoms with E-state index < -0.39 is 23.3 Å². The monoisotopic (exact) mass is 342 g/mol. The second-order valence-corrected chi connectivity index (χ2v) is 5.99. The van der Waals surface area contributed by atoms with Gasteiger partial charge in [-0.3, -0.25) is 23.6 Å². The number of hydrogen-bond donors (Lipinski definition) is 1. The number of benzene rings is 1. The summed E-state index contributed by atoms with van der Waals surface area (Å²) in [5.74, 6) is -0.373. The lowest BCUT2D eigenvalue weighted by Crippen LogP contribution is -2.40. The lowest BCUT2D eigenvalue weighted by Gasteiger charge is -2.16. The highest BCUT2D eigenvalue weighted by molar-refractivity contribution is 6.04. The number of aromatic nitrogens is 2. The van der Waals surface area contributed by atoms with Gasteiger partial charge in [-0.25, -0.2) is 9.59 Å². The van der Waals surface area contributed by atoms with E-state index in [-0.39, 0.29) is 12.5 Å². The molecule has 3 amide bonds. The van der Waals surface area contributed by atoms with Crippen LogP contribution < -0.4 is 16.6 Å².